The molecule has 0 aliphatic carbocycles. The van der Waals surface area contributed by atoms with Gasteiger partial charge < -0.3 is 0 Å². The number of rotatable bonds is 5. The molecule has 0 heterocycles. The number of hydrogen-bond acceptors (Lipinski definition) is 2. The van der Waals surface area contributed by atoms with Crippen LogP contribution in [0.4, 0.5) is 0 Å². The number of nitrogens with one attached hydrogen (secondary N) is 1. The van der Waals surface area contributed by atoms with Gasteiger partial charge in [-0.05, 0) is 43.2 Å². The summed E-state index contributed by atoms with van der Waals surface area (Å²) < 4.78 is 27.7. The third-order valence-corrected chi connectivity index (χ3v) is 5.42. The predicted molar refractivity (Wildman–Crippen MR) is 91.0 cm³/mol. The highest BCUT2D eigenvalue weighted by Gasteiger charge is 2.21. The van der Waals surface area contributed by atoms with Gasteiger partial charge in [-0.1, -0.05) is 53.9 Å². The number of sulfonamides is 1. The summed E-state index contributed by atoms with van der Waals surface area (Å²) in [5.41, 5.74) is 1.72. The second-order valence-corrected chi connectivity index (χ2v) is 7.62. The molecule has 1 atom stereocenters. The van der Waals surface area contributed by atoms with Gasteiger partial charge in [-0.15, -0.1) is 0 Å². The van der Waals surface area contributed by atoms with Crippen molar-refractivity contribution in [3.8, 4) is 0 Å². The largest absolute Gasteiger partial charge is 0.241 e. The molecule has 2 aromatic rings. The van der Waals surface area contributed by atoms with Crippen LogP contribution in [0.3, 0.4) is 0 Å². The Kier molecular flexibility index (Phi) is 5.50. The van der Waals surface area contributed by atoms with E-state index in [2.05, 4.69) is 4.72 Å². The minimum atomic E-state index is -3.61. The fourth-order valence-electron chi connectivity index (χ4n) is 2.12. The first-order valence-corrected chi connectivity index (χ1v) is 9.11. The van der Waals surface area contributed by atoms with Gasteiger partial charge in [0.15, 0.2) is 0 Å². The van der Waals surface area contributed by atoms with Crippen LogP contribution in [0.5, 0.6) is 0 Å². The highest BCUT2D eigenvalue weighted by Crippen LogP contribution is 2.29. The fraction of sp³-hybridized carbons (Fsp3) is 0.250. The van der Waals surface area contributed by atoms with Crippen LogP contribution < -0.4 is 4.72 Å². The summed E-state index contributed by atoms with van der Waals surface area (Å²) in [4.78, 5) is 0.238. The first-order valence-electron chi connectivity index (χ1n) is 6.87. The first-order chi connectivity index (χ1) is 10.3. The standard InChI is InChI=1S/C16H17Cl2NO2S/c1-3-16(14-9-6-12(17)10-15(14)18)19-22(20,21)13-7-4-11(2)5-8-13/h4-10,16,19H,3H2,1-2H3. The average molecular weight is 358 g/mol. The van der Waals surface area contributed by atoms with Gasteiger partial charge in [0.25, 0.3) is 0 Å². The molecule has 3 nitrogen and oxygen atoms in total. The highest BCUT2D eigenvalue weighted by atomic mass is 35.5. The van der Waals surface area contributed by atoms with Gasteiger partial charge in [-0.25, -0.2) is 13.1 Å². The zero-order valence-electron chi connectivity index (χ0n) is 12.3. The van der Waals surface area contributed by atoms with Gasteiger partial charge in [0.1, 0.15) is 0 Å². The van der Waals surface area contributed by atoms with Crippen molar-refractivity contribution >= 4 is 33.2 Å². The molecule has 0 radical (unpaired) electrons. The van der Waals surface area contributed by atoms with Crippen LogP contribution in [0.15, 0.2) is 47.4 Å². The van der Waals surface area contributed by atoms with E-state index in [9.17, 15) is 8.42 Å². The second-order valence-electron chi connectivity index (χ2n) is 5.06. The van der Waals surface area contributed by atoms with Crippen LogP contribution in [0.25, 0.3) is 0 Å². The van der Waals surface area contributed by atoms with Crippen molar-refractivity contribution in [2.75, 3.05) is 0 Å². The third-order valence-electron chi connectivity index (χ3n) is 3.37. The molecule has 0 aromatic heterocycles. The van der Waals surface area contributed by atoms with Crippen LogP contribution in [0.1, 0.15) is 30.5 Å². The van der Waals surface area contributed by atoms with Crippen LogP contribution in [-0.2, 0) is 10.0 Å². The maximum atomic E-state index is 12.5. The first kappa shape index (κ1) is 17.3. The Morgan fingerprint density at radius 2 is 1.73 bits per heavy atom. The van der Waals surface area contributed by atoms with E-state index in [0.717, 1.165) is 5.56 Å². The third kappa shape index (κ3) is 4.02. The maximum Gasteiger partial charge on any atom is 0.241 e. The van der Waals surface area contributed by atoms with Crippen molar-refractivity contribution in [2.45, 2.75) is 31.2 Å². The molecule has 0 aliphatic heterocycles. The summed E-state index contributed by atoms with van der Waals surface area (Å²) in [5, 5.41) is 0.968. The van der Waals surface area contributed by atoms with Crippen LogP contribution >= 0.6 is 23.2 Å². The van der Waals surface area contributed by atoms with Crippen molar-refractivity contribution < 1.29 is 8.42 Å². The molecule has 1 unspecified atom stereocenters. The molecule has 118 valence electrons. The minimum Gasteiger partial charge on any atom is -0.207 e. The molecule has 0 saturated heterocycles. The van der Waals surface area contributed by atoms with E-state index in [4.69, 9.17) is 23.2 Å². The molecular formula is C16H17Cl2NO2S. The molecule has 0 bridgehead atoms. The van der Waals surface area contributed by atoms with Crippen molar-refractivity contribution in [3.05, 3.63) is 63.6 Å². The van der Waals surface area contributed by atoms with E-state index in [0.29, 0.717) is 22.0 Å². The molecule has 2 rings (SSSR count). The molecule has 22 heavy (non-hydrogen) atoms. The van der Waals surface area contributed by atoms with Crippen LogP contribution in [0.2, 0.25) is 10.0 Å². The maximum absolute atomic E-state index is 12.5. The van der Waals surface area contributed by atoms with E-state index in [1.807, 2.05) is 13.8 Å². The summed E-state index contributed by atoms with van der Waals surface area (Å²) in [7, 11) is -3.61. The predicted octanol–water partition coefficient (Wildman–Crippen LogP) is 4.73. The Hall–Kier alpha value is -1.07. The molecule has 0 saturated carbocycles. The van der Waals surface area contributed by atoms with Crippen molar-refractivity contribution in [3.63, 3.8) is 0 Å². The van der Waals surface area contributed by atoms with Gasteiger partial charge in [-0.3, -0.25) is 0 Å². The number of halogens is 2. The zero-order valence-corrected chi connectivity index (χ0v) is 14.6. The Morgan fingerprint density at radius 1 is 1.09 bits per heavy atom. The molecular weight excluding hydrogens is 341 g/mol. The zero-order chi connectivity index (χ0) is 16.3. The van der Waals surface area contributed by atoms with Gasteiger partial charge in [0, 0.05) is 16.1 Å². The van der Waals surface area contributed by atoms with Gasteiger partial charge >= 0.3 is 0 Å². The van der Waals surface area contributed by atoms with E-state index >= 15 is 0 Å². The average Bonchev–Trinajstić information content (AvgIpc) is 2.46. The number of hydrogen-bond donors (Lipinski definition) is 1. The second kappa shape index (κ2) is 7.01. The van der Waals surface area contributed by atoms with E-state index in [1.165, 1.54) is 0 Å². The lowest BCUT2D eigenvalue weighted by molar-refractivity contribution is 0.550. The van der Waals surface area contributed by atoms with E-state index < -0.39 is 16.1 Å². The van der Waals surface area contributed by atoms with Gasteiger partial charge in [0.2, 0.25) is 10.0 Å². The Bertz CT molecular complexity index is 758. The molecule has 6 heteroatoms. The smallest absolute Gasteiger partial charge is 0.207 e. The lowest BCUT2D eigenvalue weighted by atomic mass is 10.1. The highest BCUT2D eigenvalue weighted by molar-refractivity contribution is 7.89. The summed E-state index contributed by atoms with van der Waals surface area (Å²) >= 11 is 12.1. The Morgan fingerprint density at radius 3 is 2.27 bits per heavy atom. The lowest BCUT2D eigenvalue weighted by Gasteiger charge is -2.19. The molecule has 0 spiro atoms. The van der Waals surface area contributed by atoms with Gasteiger partial charge in [0.05, 0.1) is 4.90 Å². The van der Waals surface area contributed by atoms with Crippen molar-refractivity contribution in [1.82, 2.24) is 4.72 Å². The normalized spacial score (nSPS) is 13.1. The Labute approximate surface area is 141 Å². The van der Waals surface area contributed by atoms with Crippen LogP contribution in [-0.4, -0.2) is 8.42 Å². The summed E-state index contributed by atoms with van der Waals surface area (Å²) in [5.74, 6) is 0. The number of benzene rings is 2. The van der Waals surface area contributed by atoms with Crippen molar-refractivity contribution in [1.29, 1.82) is 0 Å². The SMILES string of the molecule is CCC(NS(=O)(=O)c1ccc(C)cc1)c1ccc(Cl)cc1Cl. The summed E-state index contributed by atoms with van der Waals surface area (Å²) in [6, 6.07) is 11.4. The minimum absolute atomic E-state index is 0.238. The molecule has 1 N–H and O–H groups in total. The Balaban J connectivity index is 2.31. The summed E-state index contributed by atoms with van der Waals surface area (Å²) in [6.07, 6.45) is 0.576. The lowest BCUT2D eigenvalue weighted by Crippen LogP contribution is -2.28. The van der Waals surface area contributed by atoms with E-state index in [1.54, 1.807) is 42.5 Å². The molecule has 2 aromatic carbocycles. The quantitative estimate of drug-likeness (QED) is 0.840. The van der Waals surface area contributed by atoms with Crippen molar-refractivity contribution in [2.24, 2.45) is 0 Å². The number of aryl methyl sites for hydroxylation is 1. The van der Waals surface area contributed by atoms with E-state index in [-0.39, 0.29) is 4.90 Å². The monoisotopic (exact) mass is 357 g/mol. The molecule has 0 aliphatic rings. The van der Waals surface area contributed by atoms with Gasteiger partial charge in [-0.2, -0.15) is 0 Å². The summed E-state index contributed by atoms with van der Waals surface area (Å²) in [6.45, 7) is 3.80. The topological polar surface area (TPSA) is 46.2 Å². The molecule has 0 amide bonds. The molecule has 0 fully saturated rings. The van der Waals surface area contributed by atoms with Crippen LogP contribution in [0, 0.1) is 6.92 Å². The fourth-order valence-corrected chi connectivity index (χ4v) is 3.96.